The quantitative estimate of drug-likeness (QED) is 0.590. The molecule has 1 aromatic carbocycles. The molecule has 10 heavy (non-hydrogen) atoms. The van der Waals surface area contributed by atoms with Crippen LogP contribution in [0.5, 0.6) is 0 Å². The van der Waals surface area contributed by atoms with E-state index in [1.165, 1.54) is 6.07 Å². The second kappa shape index (κ2) is 2.15. The van der Waals surface area contributed by atoms with Crippen molar-refractivity contribution in [1.82, 2.24) is 9.19 Å². The number of benzene rings is 1. The third kappa shape index (κ3) is 0.770. The van der Waals surface area contributed by atoms with Gasteiger partial charge in [0, 0.05) is 0 Å². The van der Waals surface area contributed by atoms with Crippen molar-refractivity contribution in [1.29, 1.82) is 0 Å². The SMILES string of the molecule is Fc1cccc2[se]nnc12. The van der Waals surface area contributed by atoms with Gasteiger partial charge >= 0.3 is 62.1 Å². The summed E-state index contributed by atoms with van der Waals surface area (Å²) >= 11 is 0.0113. The molecule has 50 valence electrons. The molecule has 0 fully saturated rings. The van der Waals surface area contributed by atoms with Crippen molar-refractivity contribution in [3.05, 3.63) is 24.0 Å². The Kier molecular flexibility index (Phi) is 1.29. The average molecular weight is 201 g/mol. The minimum atomic E-state index is -0.263. The van der Waals surface area contributed by atoms with Crippen molar-refractivity contribution in [2.45, 2.75) is 0 Å². The number of nitrogens with zero attached hydrogens (tertiary/aromatic N) is 2. The molecule has 4 heteroatoms. The Morgan fingerprint density at radius 3 is 3.10 bits per heavy atom. The van der Waals surface area contributed by atoms with Crippen molar-refractivity contribution in [2.75, 3.05) is 0 Å². The minimum absolute atomic E-state index is 0.0113. The molecule has 1 aromatic heterocycles. The van der Waals surface area contributed by atoms with Crippen LogP contribution in [0.2, 0.25) is 0 Å². The summed E-state index contributed by atoms with van der Waals surface area (Å²) in [6.07, 6.45) is 0. The fourth-order valence-electron chi connectivity index (χ4n) is 0.771. The first kappa shape index (κ1) is 6.01. The molecule has 0 saturated carbocycles. The topological polar surface area (TPSA) is 25.8 Å². The molecule has 0 amide bonds. The molecule has 0 atom stereocenters. The van der Waals surface area contributed by atoms with E-state index in [2.05, 4.69) is 9.19 Å². The van der Waals surface area contributed by atoms with E-state index in [1.54, 1.807) is 6.07 Å². The van der Waals surface area contributed by atoms with E-state index in [-0.39, 0.29) is 20.5 Å². The van der Waals surface area contributed by atoms with Crippen LogP contribution >= 0.6 is 0 Å². The number of fused-ring (bicyclic) bond motifs is 1. The Morgan fingerprint density at radius 2 is 2.30 bits per heavy atom. The number of hydrogen-bond acceptors (Lipinski definition) is 2. The van der Waals surface area contributed by atoms with Crippen molar-refractivity contribution in [3.63, 3.8) is 0 Å². The monoisotopic (exact) mass is 202 g/mol. The van der Waals surface area contributed by atoms with Gasteiger partial charge in [-0.05, 0) is 0 Å². The molecule has 0 aliphatic rings. The van der Waals surface area contributed by atoms with Gasteiger partial charge in [0.15, 0.2) is 0 Å². The van der Waals surface area contributed by atoms with E-state index in [1.807, 2.05) is 6.07 Å². The molecule has 1 heterocycles. The molecule has 0 unspecified atom stereocenters. The maximum absolute atomic E-state index is 12.7. The Labute approximate surface area is 62.7 Å². The Balaban J connectivity index is 2.95. The average Bonchev–Trinajstić information content (AvgIpc) is 2.36. The van der Waals surface area contributed by atoms with Gasteiger partial charge in [0.1, 0.15) is 0 Å². The van der Waals surface area contributed by atoms with Gasteiger partial charge < -0.3 is 0 Å². The Hall–Kier alpha value is -0.731. The van der Waals surface area contributed by atoms with Crippen LogP contribution in [0.15, 0.2) is 18.2 Å². The fourth-order valence-corrected chi connectivity index (χ4v) is 1.98. The summed E-state index contributed by atoms with van der Waals surface area (Å²) in [6, 6.07) is 4.95. The van der Waals surface area contributed by atoms with Crippen molar-refractivity contribution in [3.8, 4) is 0 Å². The van der Waals surface area contributed by atoms with E-state index in [9.17, 15) is 4.39 Å². The second-order valence-corrected chi connectivity index (χ2v) is 3.51. The van der Waals surface area contributed by atoms with E-state index in [0.717, 1.165) is 4.26 Å². The van der Waals surface area contributed by atoms with Crippen LogP contribution in [0, 0.1) is 5.82 Å². The third-order valence-electron chi connectivity index (χ3n) is 1.23. The van der Waals surface area contributed by atoms with Crippen LogP contribution < -0.4 is 0 Å². The summed E-state index contributed by atoms with van der Waals surface area (Å²) in [5.74, 6) is -0.263. The first-order chi connectivity index (χ1) is 4.88. The van der Waals surface area contributed by atoms with E-state index in [0.29, 0.717) is 5.52 Å². The summed E-state index contributed by atoms with van der Waals surface area (Å²) in [5, 5.41) is 3.68. The number of rotatable bonds is 0. The molecule has 2 aromatic rings. The summed E-state index contributed by atoms with van der Waals surface area (Å²) in [5.41, 5.74) is 0.433. The van der Waals surface area contributed by atoms with E-state index >= 15 is 0 Å². The zero-order valence-electron chi connectivity index (χ0n) is 4.91. The molecule has 0 aliphatic carbocycles. The van der Waals surface area contributed by atoms with Gasteiger partial charge in [0.05, 0.1) is 0 Å². The molecule has 0 aliphatic heterocycles. The molecular formula is C6H3FN2Se. The van der Waals surface area contributed by atoms with Gasteiger partial charge in [0.2, 0.25) is 0 Å². The number of hydrogen-bond donors (Lipinski definition) is 0. The third-order valence-corrected chi connectivity index (χ3v) is 2.68. The summed E-state index contributed by atoms with van der Waals surface area (Å²) in [6.45, 7) is 0. The standard InChI is InChI=1S/C6H3FN2Se/c7-4-2-1-3-5-6(4)8-9-10-5/h1-3H. The first-order valence-electron chi connectivity index (χ1n) is 2.74. The Bertz CT molecular complexity index is 357. The van der Waals surface area contributed by atoms with Gasteiger partial charge in [-0.1, -0.05) is 0 Å². The van der Waals surface area contributed by atoms with Crippen LogP contribution in [-0.4, -0.2) is 23.9 Å². The number of aromatic nitrogens is 2. The maximum atomic E-state index is 12.7. The van der Waals surface area contributed by atoms with Gasteiger partial charge in [-0.25, -0.2) is 0 Å². The predicted octanol–water partition coefficient (Wildman–Crippen LogP) is 0.826. The van der Waals surface area contributed by atoms with Crippen molar-refractivity contribution >= 4 is 24.5 Å². The van der Waals surface area contributed by atoms with Crippen LogP contribution in [0.1, 0.15) is 0 Å². The van der Waals surface area contributed by atoms with Gasteiger partial charge in [-0.15, -0.1) is 0 Å². The summed E-state index contributed by atoms with van der Waals surface area (Å²) < 4.78 is 17.4. The molecule has 0 radical (unpaired) electrons. The van der Waals surface area contributed by atoms with Crippen LogP contribution in [0.4, 0.5) is 4.39 Å². The normalized spacial score (nSPS) is 10.5. The molecule has 0 saturated heterocycles. The summed E-state index contributed by atoms with van der Waals surface area (Å²) in [7, 11) is 0. The molecule has 0 N–H and O–H groups in total. The summed E-state index contributed by atoms with van der Waals surface area (Å²) in [4.78, 5) is 0. The molecular weight excluding hydrogens is 198 g/mol. The van der Waals surface area contributed by atoms with Crippen LogP contribution in [0.25, 0.3) is 9.78 Å². The molecule has 2 rings (SSSR count). The molecule has 0 bridgehead atoms. The van der Waals surface area contributed by atoms with E-state index in [4.69, 9.17) is 0 Å². The second-order valence-electron chi connectivity index (χ2n) is 1.86. The van der Waals surface area contributed by atoms with Crippen molar-refractivity contribution < 1.29 is 4.39 Å². The molecule has 0 spiro atoms. The number of halogens is 1. The fraction of sp³-hybridized carbons (Fsp3) is 0. The van der Waals surface area contributed by atoms with Crippen LogP contribution in [0.3, 0.4) is 0 Å². The van der Waals surface area contributed by atoms with Gasteiger partial charge in [-0.3, -0.25) is 0 Å². The van der Waals surface area contributed by atoms with Gasteiger partial charge in [-0.2, -0.15) is 0 Å². The molecule has 2 nitrogen and oxygen atoms in total. The van der Waals surface area contributed by atoms with E-state index < -0.39 is 0 Å². The Morgan fingerprint density at radius 1 is 1.40 bits per heavy atom. The first-order valence-corrected chi connectivity index (χ1v) is 4.37. The van der Waals surface area contributed by atoms with Gasteiger partial charge in [0.25, 0.3) is 0 Å². The zero-order chi connectivity index (χ0) is 6.97. The zero-order valence-corrected chi connectivity index (χ0v) is 6.63. The predicted molar refractivity (Wildman–Crippen MR) is 36.4 cm³/mol. The van der Waals surface area contributed by atoms with Crippen LogP contribution in [-0.2, 0) is 0 Å². The van der Waals surface area contributed by atoms with Crippen molar-refractivity contribution in [2.24, 2.45) is 0 Å².